The quantitative estimate of drug-likeness (QED) is 0.254. The third-order valence-electron chi connectivity index (χ3n) is 5.84. The van der Waals surface area contributed by atoms with E-state index in [0.717, 1.165) is 28.0 Å². The lowest BCUT2D eigenvalue weighted by molar-refractivity contribution is -0.113. The van der Waals surface area contributed by atoms with E-state index in [-0.39, 0.29) is 12.5 Å². The SMILES string of the molecule is O=C1C(=C(c2ccccc2)c2ccc(Cl)cc2)c2ccccc2N1Cc1cc(O)c(O)c(O)c1. The first-order valence-corrected chi connectivity index (χ1v) is 11.0. The molecular weight excluding hydrogens is 450 g/mol. The van der Waals surface area contributed by atoms with E-state index in [0.29, 0.717) is 16.2 Å². The summed E-state index contributed by atoms with van der Waals surface area (Å²) in [6, 6.07) is 27.3. The fourth-order valence-electron chi connectivity index (χ4n) is 4.29. The zero-order valence-electron chi connectivity index (χ0n) is 17.9. The summed E-state index contributed by atoms with van der Waals surface area (Å²) in [5, 5.41) is 30.2. The van der Waals surface area contributed by atoms with Gasteiger partial charge in [-0.15, -0.1) is 0 Å². The number of benzene rings is 4. The van der Waals surface area contributed by atoms with Crippen LogP contribution < -0.4 is 4.90 Å². The van der Waals surface area contributed by atoms with Crippen LogP contribution in [0.15, 0.2) is 91.0 Å². The molecule has 0 bridgehead atoms. The molecule has 4 aromatic rings. The maximum Gasteiger partial charge on any atom is 0.259 e. The molecule has 0 fully saturated rings. The molecule has 0 aliphatic carbocycles. The summed E-state index contributed by atoms with van der Waals surface area (Å²) in [6.45, 7) is 0.101. The van der Waals surface area contributed by atoms with Gasteiger partial charge in [0.15, 0.2) is 17.2 Å². The number of aromatic hydroxyl groups is 3. The minimum atomic E-state index is -0.591. The highest BCUT2D eigenvalue weighted by atomic mass is 35.5. The number of hydrogen-bond acceptors (Lipinski definition) is 4. The second-order valence-electron chi connectivity index (χ2n) is 8.01. The molecule has 0 spiro atoms. The maximum atomic E-state index is 13.9. The smallest absolute Gasteiger partial charge is 0.259 e. The second-order valence-corrected chi connectivity index (χ2v) is 8.45. The lowest BCUT2D eigenvalue weighted by Crippen LogP contribution is -2.26. The van der Waals surface area contributed by atoms with E-state index < -0.39 is 17.2 Å². The van der Waals surface area contributed by atoms with E-state index in [9.17, 15) is 20.1 Å². The molecule has 0 saturated heterocycles. The predicted octanol–water partition coefficient (Wildman–Crippen LogP) is 5.96. The number of phenols is 3. The standard InChI is InChI=1S/C28H20ClNO4/c29-20-12-10-19(11-13-20)25(18-6-2-1-3-7-18)26-21-8-4-5-9-22(21)30(28(26)34)16-17-14-23(31)27(33)24(32)15-17/h1-15,31-33H,16H2. The zero-order chi connectivity index (χ0) is 23.8. The van der Waals surface area contributed by atoms with Gasteiger partial charge in [0, 0.05) is 16.2 Å². The number of rotatable bonds is 4. The number of hydrogen-bond donors (Lipinski definition) is 3. The van der Waals surface area contributed by atoms with Gasteiger partial charge in [0.25, 0.3) is 5.91 Å². The van der Waals surface area contributed by atoms with Crippen LogP contribution >= 0.6 is 11.6 Å². The summed E-state index contributed by atoms with van der Waals surface area (Å²) in [7, 11) is 0. The Balaban J connectivity index is 1.70. The second kappa shape index (κ2) is 8.61. The van der Waals surface area contributed by atoms with Crippen molar-refractivity contribution < 1.29 is 20.1 Å². The molecule has 5 rings (SSSR count). The van der Waals surface area contributed by atoms with E-state index in [1.54, 1.807) is 17.0 Å². The van der Waals surface area contributed by atoms with Gasteiger partial charge in [-0.05, 0) is 47.0 Å². The molecule has 0 radical (unpaired) electrons. The minimum absolute atomic E-state index is 0.101. The Labute approximate surface area is 201 Å². The summed E-state index contributed by atoms with van der Waals surface area (Å²) >= 11 is 6.13. The molecule has 1 amide bonds. The van der Waals surface area contributed by atoms with Crippen molar-refractivity contribution in [3.63, 3.8) is 0 Å². The fraction of sp³-hybridized carbons (Fsp3) is 0.0357. The van der Waals surface area contributed by atoms with Crippen LogP contribution in [0, 0.1) is 0 Å². The third-order valence-corrected chi connectivity index (χ3v) is 6.09. The highest BCUT2D eigenvalue weighted by molar-refractivity contribution is 6.39. The van der Waals surface area contributed by atoms with Crippen molar-refractivity contribution in [2.75, 3.05) is 4.90 Å². The summed E-state index contributed by atoms with van der Waals surface area (Å²) in [5.74, 6) is -1.69. The summed E-state index contributed by atoms with van der Waals surface area (Å²) < 4.78 is 0. The Kier molecular flexibility index (Phi) is 5.48. The number of amides is 1. The summed E-state index contributed by atoms with van der Waals surface area (Å²) in [5.41, 5.74) is 5.07. The number of para-hydroxylation sites is 1. The van der Waals surface area contributed by atoms with E-state index in [1.165, 1.54) is 12.1 Å². The Morgan fingerprint density at radius 1 is 0.765 bits per heavy atom. The van der Waals surface area contributed by atoms with Crippen molar-refractivity contribution in [2.24, 2.45) is 0 Å². The molecule has 3 N–H and O–H groups in total. The van der Waals surface area contributed by atoms with Gasteiger partial charge in [-0.3, -0.25) is 4.79 Å². The van der Waals surface area contributed by atoms with Gasteiger partial charge in [0.2, 0.25) is 0 Å². The molecule has 168 valence electrons. The van der Waals surface area contributed by atoms with Gasteiger partial charge in [-0.25, -0.2) is 0 Å². The van der Waals surface area contributed by atoms with Gasteiger partial charge in [-0.2, -0.15) is 0 Å². The molecule has 4 aromatic carbocycles. The third kappa shape index (κ3) is 3.76. The van der Waals surface area contributed by atoms with Crippen molar-refractivity contribution in [3.8, 4) is 17.2 Å². The van der Waals surface area contributed by atoms with Crippen LogP contribution in [-0.4, -0.2) is 21.2 Å². The predicted molar refractivity (Wildman–Crippen MR) is 133 cm³/mol. The monoisotopic (exact) mass is 469 g/mol. The van der Waals surface area contributed by atoms with E-state index in [2.05, 4.69) is 0 Å². The van der Waals surface area contributed by atoms with Crippen molar-refractivity contribution in [3.05, 3.63) is 118 Å². The molecule has 6 heteroatoms. The number of phenolic OH excluding ortho intramolecular Hbond substituents is 3. The number of carbonyl (C=O) groups excluding carboxylic acids is 1. The summed E-state index contributed by atoms with van der Waals surface area (Å²) in [6.07, 6.45) is 0. The molecule has 5 nitrogen and oxygen atoms in total. The fourth-order valence-corrected chi connectivity index (χ4v) is 4.42. The Hall–Kier alpha value is -4.22. The molecule has 0 aromatic heterocycles. The van der Waals surface area contributed by atoms with E-state index in [4.69, 9.17) is 11.6 Å². The van der Waals surface area contributed by atoms with Crippen molar-refractivity contribution >= 4 is 34.3 Å². The number of nitrogens with zero attached hydrogens (tertiary/aromatic N) is 1. The first-order valence-electron chi connectivity index (χ1n) is 10.6. The average Bonchev–Trinajstić information content (AvgIpc) is 3.11. The Morgan fingerprint density at radius 3 is 2.03 bits per heavy atom. The topological polar surface area (TPSA) is 81.0 Å². The molecule has 0 unspecified atom stereocenters. The minimum Gasteiger partial charge on any atom is -0.504 e. The number of fused-ring (bicyclic) bond motifs is 1. The first-order chi connectivity index (χ1) is 16.4. The molecule has 1 aliphatic heterocycles. The summed E-state index contributed by atoms with van der Waals surface area (Å²) in [4.78, 5) is 15.5. The van der Waals surface area contributed by atoms with E-state index >= 15 is 0 Å². The van der Waals surface area contributed by atoms with Crippen LogP contribution in [0.5, 0.6) is 17.2 Å². The molecule has 0 saturated carbocycles. The van der Waals surface area contributed by atoms with Crippen LogP contribution in [0.2, 0.25) is 5.02 Å². The lowest BCUT2D eigenvalue weighted by atomic mass is 9.90. The number of carbonyl (C=O) groups is 1. The van der Waals surface area contributed by atoms with Crippen molar-refractivity contribution in [2.45, 2.75) is 6.54 Å². The zero-order valence-corrected chi connectivity index (χ0v) is 18.7. The average molecular weight is 470 g/mol. The molecule has 0 atom stereocenters. The highest BCUT2D eigenvalue weighted by Gasteiger charge is 2.35. The van der Waals surface area contributed by atoms with Crippen molar-refractivity contribution in [1.82, 2.24) is 0 Å². The van der Waals surface area contributed by atoms with Crippen LogP contribution in [-0.2, 0) is 11.3 Å². The van der Waals surface area contributed by atoms with Crippen LogP contribution in [0.4, 0.5) is 5.69 Å². The van der Waals surface area contributed by atoms with Gasteiger partial charge >= 0.3 is 0 Å². The van der Waals surface area contributed by atoms with Gasteiger partial charge in [0.05, 0.1) is 17.8 Å². The van der Waals surface area contributed by atoms with Gasteiger partial charge in [0.1, 0.15) is 0 Å². The Bertz CT molecular complexity index is 1410. The molecular formula is C28H20ClNO4. The largest absolute Gasteiger partial charge is 0.504 e. The van der Waals surface area contributed by atoms with Crippen LogP contribution in [0.3, 0.4) is 0 Å². The van der Waals surface area contributed by atoms with Gasteiger partial charge < -0.3 is 20.2 Å². The van der Waals surface area contributed by atoms with E-state index in [1.807, 2.05) is 66.7 Å². The maximum absolute atomic E-state index is 13.9. The molecule has 1 aliphatic rings. The van der Waals surface area contributed by atoms with Gasteiger partial charge in [-0.1, -0.05) is 72.3 Å². The molecule has 34 heavy (non-hydrogen) atoms. The normalized spacial score (nSPS) is 14.3. The van der Waals surface area contributed by atoms with Crippen LogP contribution in [0.1, 0.15) is 22.3 Å². The Morgan fingerprint density at radius 2 is 1.35 bits per heavy atom. The van der Waals surface area contributed by atoms with Crippen LogP contribution in [0.25, 0.3) is 11.1 Å². The lowest BCUT2D eigenvalue weighted by Gasteiger charge is -2.18. The van der Waals surface area contributed by atoms with Crippen molar-refractivity contribution in [1.29, 1.82) is 0 Å². The highest BCUT2D eigenvalue weighted by Crippen LogP contribution is 2.44. The number of anilines is 1. The number of halogens is 1. The first kappa shape index (κ1) is 21.6. The molecule has 1 heterocycles.